The first-order valence-corrected chi connectivity index (χ1v) is 11.2. The fourth-order valence-electron chi connectivity index (χ4n) is 4.48. The van der Waals surface area contributed by atoms with Crippen LogP contribution < -0.4 is 0 Å². The van der Waals surface area contributed by atoms with E-state index in [-0.39, 0.29) is 23.9 Å². The quantitative estimate of drug-likeness (QED) is 0.565. The number of nitrogens with zero attached hydrogens (tertiary/aromatic N) is 3. The number of carbonyl (C=O) groups excluding carboxylic acids is 3. The van der Waals surface area contributed by atoms with Crippen LogP contribution >= 0.6 is 0 Å². The average molecular weight is 444 g/mol. The summed E-state index contributed by atoms with van der Waals surface area (Å²) in [5, 5.41) is 0. The Morgan fingerprint density at radius 1 is 0.818 bits per heavy atom. The number of carbonyl (C=O) groups is 3. The molecule has 7 nitrogen and oxygen atoms in total. The van der Waals surface area contributed by atoms with Gasteiger partial charge in [0.1, 0.15) is 5.76 Å². The maximum atomic E-state index is 13.2. The van der Waals surface area contributed by atoms with Gasteiger partial charge in [0.05, 0.1) is 23.9 Å². The minimum atomic E-state index is -0.397. The van der Waals surface area contributed by atoms with Crippen LogP contribution in [0.1, 0.15) is 48.8 Å². The summed E-state index contributed by atoms with van der Waals surface area (Å²) in [5.41, 5.74) is 2.30. The lowest BCUT2D eigenvalue weighted by molar-refractivity contribution is 0.0631. The number of furan rings is 1. The highest BCUT2D eigenvalue weighted by Gasteiger charge is 2.36. The SMILES string of the molecule is O=C(c1ccc2c(c1)C(=O)N(Cc1ccco1)C2=O)N1CCCN(Cc2ccccc2)CC1. The van der Waals surface area contributed by atoms with Crippen molar-refractivity contribution in [2.75, 3.05) is 26.2 Å². The van der Waals surface area contributed by atoms with Crippen molar-refractivity contribution in [2.24, 2.45) is 0 Å². The van der Waals surface area contributed by atoms with Gasteiger partial charge in [-0.15, -0.1) is 0 Å². The molecule has 0 aliphatic carbocycles. The Morgan fingerprint density at radius 3 is 2.42 bits per heavy atom. The summed E-state index contributed by atoms with van der Waals surface area (Å²) in [6, 6.07) is 18.6. The van der Waals surface area contributed by atoms with Crippen molar-refractivity contribution in [1.82, 2.24) is 14.7 Å². The van der Waals surface area contributed by atoms with Crippen molar-refractivity contribution in [2.45, 2.75) is 19.5 Å². The molecular weight excluding hydrogens is 418 g/mol. The largest absolute Gasteiger partial charge is 0.467 e. The molecule has 1 aromatic heterocycles. The van der Waals surface area contributed by atoms with E-state index in [4.69, 9.17) is 4.42 Å². The summed E-state index contributed by atoms with van der Waals surface area (Å²) in [5.74, 6) is -0.336. The van der Waals surface area contributed by atoms with Gasteiger partial charge in [-0.2, -0.15) is 0 Å². The minimum Gasteiger partial charge on any atom is -0.467 e. The number of hydrogen-bond donors (Lipinski definition) is 0. The van der Waals surface area contributed by atoms with Crippen molar-refractivity contribution in [3.8, 4) is 0 Å². The van der Waals surface area contributed by atoms with Gasteiger partial charge < -0.3 is 9.32 Å². The molecule has 3 aromatic rings. The van der Waals surface area contributed by atoms with Gasteiger partial charge in [-0.25, -0.2) is 0 Å². The molecule has 0 N–H and O–H groups in total. The molecule has 0 spiro atoms. The summed E-state index contributed by atoms with van der Waals surface area (Å²) in [7, 11) is 0. The van der Waals surface area contributed by atoms with Crippen molar-refractivity contribution in [3.05, 3.63) is 94.9 Å². The van der Waals surface area contributed by atoms with Crippen LogP contribution in [0.3, 0.4) is 0 Å². The molecule has 5 rings (SSSR count). The van der Waals surface area contributed by atoms with E-state index in [2.05, 4.69) is 17.0 Å². The van der Waals surface area contributed by atoms with Crippen molar-refractivity contribution < 1.29 is 18.8 Å². The van der Waals surface area contributed by atoms with E-state index < -0.39 is 5.91 Å². The lowest BCUT2D eigenvalue weighted by Gasteiger charge is -2.22. The van der Waals surface area contributed by atoms with E-state index in [0.29, 0.717) is 30.0 Å². The third-order valence-corrected chi connectivity index (χ3v) is 6.24. The van der Waals surface area contributed by atoms with Gasteiger partial charge in [0.15, 0.2) is 0 Å². The van der Waals surface area contributed by atoms with Crippen LogP contribution in [-0.4, -0.2) is 58.6 Å². The maximum Gasteiger partial charge on any atom is 0.261 e. The molecule has 0 saturated carbocycles. The summed E-state index contributed by atoms with van der Waals surface area (Å²) in [6.07, 6.45) is 2.39. The van der Waals surface area contributed by atoms with Gasteiger partial charge in [0, 0.05) is 38.3 Å². The Hall–Kier alpha value is -3.71. The number of hydrogen-bond acceptors (Lipinski definition) is 5. The second kappa shape index (κ2) is 9.03. The van der Waals surface area contributed by atoms with E-state index in [9.17, 15) is 14.4 Å². The monoisotopic (exact) mass is 443 g/mol. The highest BCUT2D eigenvalue weighted by molar-refractivity contribution is 6.22. The third-order valence-electron chi connectivity index (χ3n) is 6.24. The van der Waals surface area contributed by atoms with Crippen molar-refractivity contribution in [1.29, 1.82) is 0 Å². The summed E-state index contributed by atoms with van der Waals surface area (Å²) in [6.45, 7) is 3.95. The van der Waals surface area contributed by atoms with E-state index in [1.165, 1.54) is 11.8 Å². The summed E-state index contributed by atoms with van der Waals surface area (Å²) < 4.78 is 5.28. The Labute approximate surface area is 192 Å². The number of amides is 3. The highest BCUT2D eigenvalue weighted by atomic mass is 16.3. The van der Waals surface area contributed by atoms with E-state index in [0.717, 1.165) is 31.0 Å². The minimum absolute atomic E-state index is 0.0754. The third kappa shape index (κ3) is 4.32. The van der Waals surface area contributed by atoms with Crippen LogP contribution in [0.25, 0.3) is 0 Å². The maximum absolute atomic E-state index is 13.2. The predicted molar refractivity (Wildman–Crippen MR) is 122 cm³/mol. The summed E-state index contributed by atoms with van der Waals surface area (Å²) in [4.78, 5) is 44.2. The van der Waals surface area contributed by atoms with Crippen LogP contribution in [0.15, 0.2) is 71.3 Å². The van der Waals surface area contributed by atoms with Crippen molar-refractivity contribution in [3.63, 3.8) is 0 Å². The Balaban J connectivity index is 1.27. The highest BCUT2D eigenvalue weighted by Crippen LogP contribution is 2.26. The molecule has 1 fully saturated rings. The molecule has 2 aromatic carbocycles. The van der Waals surface area contributed by atoms with Gasteiger partial charge in [-0.05, 0) is 42.3 Å². The fourth-order valence-corrected chi connectivity index (χ4v) is 4.48. The molecule has 0 unspecified atom stereocenters. The van der Waals surface area contributed by atoms with Crippen molar-refractivity contribution >= 4 is 17.7 Å². The van der Waals surface area contributed by atoms with Crippen LogP contribution in [0.2, 0.25) is 0 Å². The predicted octanol–water partition coefficient (Wildman–Crippen LogP) is 3.42. The zero-order valence-electron chi connectivity index (χ0n) is 18.3. The van der Waals surface area contributed by atoms with E-state index in [1.807, 2.05) is 23.1 Å². The second-order valence-corrected chi connectivity index (χ2v) is 8.44. The molecule has 7 heteroatoms. The standard InChI is InChI=1S/C26H25N3O4/c30-24(28-12-5-11-27(13-14-28)17-19-6-2-1-3-7-19)20-9-10-22-23(16-20)26(32)29(25(22)31)18-21-8-4-15-33-21/h1-4,6-10,15-16H,5,11-14,17-18H2. The first kappa shape index (κ1) is 21.2. The smallest absolute Gasteiger partial charge is 0.261 e. The van der Waals surface area contributed by atoms with Gasteiger partial charge in [0.25, 0.3) is 17.7 Å². The zero-order chi connectivity index (χ0) is 22.8. The number of rotatable bonds is 5. The van der Waals surface area contributed by atoms with Crippen LogP contribution in [0, 0.1) is 0 Å². The zero-order valence-corrected chi connectivity index (χ0v) is 18.3. The lowest BCUT2D eigenvalue weighted by Crippen LogP contribution is -2.35. The second-order valence-electron chi connectivity index (χ2n) is 8.44. The molecule has 1 saturated heterocycles. The number of benzene rings is 2. The molecule has 3 heterocycles. The molecule has 168 valence electrons. The van der Waals surface area contributed by atoms with Gasteiger partial charge in [-0.3, -0.25) is 24.2 Å². The molecular formula is C26H25N3O4. The normalized spacial score (nSPS) is 16.7. The van der Waals surface area contributed by atoms with Gasteiger partial charge >= 0.3 is 0 Å². The summed E-state index contributed by atoms with van der Waals surface area (Å²) >= 11 is 0. The number of imide groups is 1. The Morgan fingerprint density at radius 2 is 1.64 bits per heavy atom. The molecule has 0 radical (unpaired) electrons. The van der Waals surface area contributed by atoms with Crippen LogP contribution in [0.5, 0.6) is 0 Å². The van der Waals surface area contributed by atoms with Gasteiger partial charge in [0.2, 0.25) is 0 Å². The Kier molecular flexibility index (Phi) is 5.79. The fraction of sp³-hybridized carbons (Fsp3) is 0.269. The first-order chi connectivity index (χ1) is 16.1. The molecule has 0 atom stereocenters. The van der Waals surface area contributed by atoms with Crippen LogP contribution in [-0.2, 0) is 13.1 Å². The molecule has 0 bridgehead atoms. The lowest BCUT2D eigenvalue weighted by atomic mass is 10.0. The average Bonchev–Trinajstić information content (AvgIpc) is 3.35. The van der Waals surface area contributed by atoms with Gasteiger partial charge in [-0.1, -0.05) is 30.3 Å². The number of fused-ring (bicyclic) bond motifs is 1. The Bertz CT molecular complexity index is 1170. The molecule has 33 heavy (non-hydrogen) atoms. The van der Waals surface area contributed by atoms with E-state index >= 15 is 0 Å². The molecule has 2 aliphatic rings. The van der Waals surface area contributed by atoms with E-state index in [1.54, 1.807) is 30.3 Å². The van der Waals surface area contributed by atoms with Crippen LogP contribution in [0.4, 0.5) is 0 Å². The molecule has 2 aliphatic heterocycles. The molecule has 3 amide bonds. The first-order valence-electron chi connectivity index (χ1n) is 11.2. The topological polar surface area (TPSA) is 74.1 Å².